The predicted molar refractivity (Wildman–Crippen MR) is 85.0 cm³/mol. The molecule has 20 heavy (non-hydrogen) atoms. The highest BCUT2D eigenvalue weighted by atomic mass is 79.9. The van der Waals surface area contributed by atoms with Gasteiger partial charge >= 0.3 is 0 Å². The number of ketones is 1. The highest BCUT2D eigenvalue weighted by Gasteiger charge is 2.07. The second kappa shape index (κ2) is 6.71. The zero-order valence-corrected chi connectivity index (χ0v) is 13.2. The zero-order chi connectivity index (χ0) is 14.5. The minimum Gasteiger partial charge on any atom is -0.490 e. The van der Waals surface area contributed by atoms with Gasteiger partial charge in [-0.15, -0.1) is 0 Å². The zero-order valence-electron chi connectivity index (χ0n) is 11.6. The van der Waals surface area contributed by atoms with Gasteiger partial charge in [-0.1, -0.05) is 40.2 Å². The average molecular weight is 333 g/mol. The maximum atomic E-state index is 11.0. The van der Waals surface area contributed by atoms with Crippen LogP contribution in [0.4, 0.5) is 0 Å². The van der Waals surface area contributed by atoms with Gasteiger partial charge in [0.2, 0.25) is 0 Å². The molecule has 0 fully saturated rings. The highest BCUT2D eigenvalue weighted by Crippen LogP contribution is 2.24. The van der Waals surface area contributed by atoms with Crippen molar-refractivity contribution in [1.29, 1.82) is 0 Å². The van der Waals surface area contributed by atoms with Crippen LogP contribution in [-0.4, -0.2) is 11.9 Å². The SMILES string of the molecule is CC(=O)CC(C)Oc1ccc(-c2ccc(Br)cc2)cc1. The van der Waals surface area contributed by atoms with Crippen molar-refractivity contribution in [3.8, 4) is 16.9 Å². The van der Waals surface area contributed by atoms with E-state index in [1.165, 1.54) is 0 Å². The van der Waals surface area contributed by atoms with Gasteiger partial charge in [-0.2, -0.15) is 0 Å². The summed E-state index contributed by atoms with van der Waals surface area (Å²) in [6.45, 7) is 3.49. The quantitative estimate of drug-likeness (QED) is 0.781. The molecule has 2 aromatic rings. The molecule has 2 aromatic carbocycles. The van der Waals surface area contributed by atoms with Crippen LogP contribution >= 0.6 is 15.9 Å². The summed E-state index contributed by atoms with van der Waals surface area (Å²) in [6.07, 6.45) is 0.347. The standard InChI is InChI=1S/C17H17BrO2/c1-12(19)11-13(2)20-17-9-5-15(6-10-17)14-3-7-16(18)8-4-14/h3-10,13H,11H2,1-2H3. The van der Waals surface area contributed by atoms with Crippen LogP contribution in [0.15, 0.2) is 53.0 Å². The van der Waals surface area contributed by atoms with E-state index in [0.717, 1.165) is 21.3 Å². The van der Waals surface area contributed by atoms with Gasteiger partial charge in [0.05, 0.1) is 0 Å². The van der Waals surface area contributed by atoms with Gasteiger partial charge in [0, 0.05) is 10.9 Å². The van der Waals surface area contributed by atoms with Crippen LogP contribution in [0.3, 0.4) is 0 Å². The number of carbonyl (C=O) groups excluding carboxylic acids is 1. The van der Waals surface area contributed by atoms with Gasteiger partial charge in [0.15, 0.2) is 0 Å². The van der Waals surface area contributed by atoms with Gasteiger partial charge in [0.25, 0.3) is 0 Å². The molecule has 0 heterocycles. The van der Waals surface area contributed by atoms with Crippen molar-refractivity contribution < 1.29 is 9.53 Å². The fraction of sp³-hybridized carbons (Fsp3) is 0.235. The minimum atomic E-state index is -0.0916. The number of ether oxygens (including phenoxy) is 1. The summed E-state index contributed by atoms with van der Waals surface area (Å²) in [5.74, 6) is 0.934. The number of benzene rings is 2. The van der Waals surface area contributed by atoms with Crippen molar-refractivity contribution >= 4 is 21.7 Å². The molecule has 2 rings (SSSR count). The Labute approximate surface area is 127 Å². The lowest BCUT2D eigenvalue weighted by atomic mass is 10.1. The molecule has 0 spiro atoms. The van der Waals surface area contributed by atoms with E-state index in [1.54, 1.807) is 6.92 Å². The Morgan fingerprint density at radius 3 is 2.05 bits per heavy atom. The Morgan fingerprint density at radius 2 is 1.55 bits per heavy atom. The third kappa shape index (κ3) is 4.20. The maximum Gasteiger partial charge on any atom is 0.133 e. The molecule has 104 valence electrons. The Bertz CT molecular complexity index is 573. The molecule has 0 aromatic heterocycles. The van der Waals surface area contributed by atoms with E-state index >= 15 is 0 Å². The number of rotatable bonds is 5. The first-order valence-corrected chi connectivity index (χ1v) is 7.36. The smallest absolute Gasteiger partial charge is 0.133 e. The Kier molecular flexibility index (Phi) is 4.96. The minimum absolute atomic E-state index is 0.0916. The number of hydrogen-bond acceptors (Lipinski definition) is 2. The number of hydrogen-bond donors (Lipinski definition) is 0. The van der Waals surface area contributed by atoms with Crippen LogP contribution in [0.5, 0.6) is 5.75 Å². The first-order chi connectivity index (χ1) is 9.54. The lowest BCUT2D eigenvalue weighted by molar-refractivity contribution is -0.118. The van der Waals surface area contributed by atoms with Crippen molar-refractivity contribution in [3.63, 3.8) is 0 Å². The Morgan fingerprint density at radius 1 is 1.05 bits per heavy atom. The summed E-state index contributed by atoms with van der Waals surface area (Å²) in [7, 11) is 0. The van der Waals surface area contributed by atoms with E-state index in [0.29, 0.717) is 6.42 Å². The van der Waals surface area contributed by atoms with E-state index in [9.17, 15) is 4.79 Å². The molecule has 2 nitrogen and oxygen atoms in total. The predicted octanol–water partition coefficient (Wildman–Crippen LogP) is 4.86. The van der Waals surface area contributed by atoms with E-state index in [2.05, 4.69) is 28.1 Å². The lowest BCUT2D eigenvalue weighted by Gasteiger charge is -2.13. The largest absolute Gasteiger partial charge is 0.490 e. The fourth-order valence-corrected chi connectivity index (χ4v) is 2.31. The van der Waals surface area contributed by atoms with Crippen LogP contribution in [0.25, 0.3) is 11.1 Å². The second-order valence-electron chi connectivity index (χ2n) is 4.87. The summed E-state index contributed by atoms with van der Waals surface area (Å²) in [6, 6.07) is 16.1. The van der Waals surface area contributed by atoms with Crippen LogP contribution < -0.4 is 4.74 Å². The Balaban J connectivity index is 2.06. The first kappa shape index (κ1) is 14.8. The van der Waals surface area contributed by atoms with E-state index < -0.39 is 0 Å². The molecule has 0 radical (unpaired) electrons. The van der Waals surface area contributed by atoms with Crippen LogP contribution in [-0.2, 0) is 4.79 Å². The van der Waals surface area contributed by atoms with Crippen molar-refractivity contribution in [3.05, 3.63) is 53.0 Å². The topological polar surface area (TPSA) is 26.3 Å². The number of carbonyl (C=O) groups is 1. The van der Waals surface area contributed by atoms with Crippen LogP contribution in [0.1, 0.15) is 20.3 Å². The third-order valence-electron chi connectivity index (χ3n) is 2.94. The monoisotopic (exact) mass is 332 g/mol. The molecule has 3 heteroatoms. The van der Waals surface area contributed by atoms with E-state index in [-0.39, 0.29) is 11.9 Å². The summed E-state index contributed by atoms with van der Waals surface area (Å²) in [5, 5.41) is 0. The summed E-state index contributed by atoms with van der Waals surface area (Å²) < 4.78 is 6.78. The molecule has 0 aliphatic rings. The van der Waals surface area contributed by atoms with Gasteiger partial charge < -0.3 is 4.74 Å². The van der Waals surface area contributed by atoms with Crippen molar-refractivity contribution in [2.24, 2.45) is 0 Å². The lowest BCUT2D eigenvalue weighted by Crippen LogP contribution is -2.15. The molecule has 1 atom stereocenters. The fourth-order valence-electron chi connectivity index (χ4n) is 2.05. The van der Waals surface area contributed by atoms with Gasteiger partial charge in [-0.25, -0.2) is 0 Å². The third-order valence-corrected chi connectivity index (χ3v) is 3.47. The van der Waals surface area contributed by atoms with E-state index in [4.69, 9.17) is 4.74 Å². The van der Waals surface area contributed by atoms with E-state index in [1.807, 2.05) is 43.3 Å². The number of Topliss-reactive ketones (excluding diaryl/α,β-unsaturated/α-hetero) is 1. The summed E-state index contributed by atoms with van der Waals surface area (Å²) >= 11 is 3.43. The first-order valence-electron chi connectivity index (χ1n) is 6.56. The number of halogens is 1. The van der Waals surface area contributed by atoms with Crippen molar-refractivity contribution in [2.75, 3.05) is 0 Å². The molecule has 0 saturated carbocycles. The molecule has 0 aliphatic heterocycles. The molecule has 0 amide bonds. The van der Waals surface area contributed by atoms with Gasteiger partial charge in [-0.3, -0.25) is 4.79 Å². The molecule has 0 N–H and O–H groups in total. The van der Waals surface area contributed by atoms with Crippen molar-refractivity contribution in [1.82, 2.24) is 0 Å². The van der Waals surface area contributed by atoms with Gasteiger partial charge in [0.1, 0.15) is 17.6 Å². The molecule has 0 aliphatic carbocycles. The molecule has 0 bridgehead atoms. The molecular formula is C17H17BrO2. The van der Waals surface area contributed by atoms with Gasteiger partial charge in [-0.05, 0) is 49.2 Å². The van der Waals surface area contributed by atoms with Crippen LogP contribution in [0, 0.1) is 0 Å². The van der Waals surface area contributed by atoms with Crippen molar-refractivity contribution in [2.45, 2.75) is 26.4 Å². The normalized spacial score (nSPS) is 11.9. The molecule has 1 unspecified atom stereocenters. The summed E-state index contributed by atoms with van der Waals surface area (Å²) in [4.78, 5) is 11.0. The molecule has 0 saturated heterocycles. The Hall–Kier alpha value is -1.61. The molecular weight excluding hydrogens is 316 g/mol. The highest BCUT2D eigenvalue weighted by molar-refractivity contribution is 9.10. The summed E-state index contributed by atoms with van der Waals surface area (Å²) in [5.41, 5.74) is 2.31. The second-order valence-corrected chi connectivity index (χ2v) is 5.78. The van der Waals surface area contributed by atoms with Crippen LogP contribution in [0.2, 0.25) is 0 Å². The maximum absolute atomic E-state index is 11.0. The average Bonchev–Trinajstić information content (AvgIpc) is 2.39.